The highest BCUT2D eigenvalue weighted by molar-refractivity contribution is 6.32. The number of likely N-dealkylation sites (N-methyl/N-ethyl adjacent to an activating group) is 1. The van der Waals surface area contributed by atoms with Crippen LogP contribution in [0.1, 0.15) is 122 Å². The number of aliphatic hydroxyl groups excluding tert-OH is 1. The average molecular weight is 772 g/mol. The molecule has 12 atom stereocenters. The Morgan fingerprint density at radius 2 is 1.35 bits per heavy atom. The van der Waals surface area contributed by atoms with Crippen molar-refractivity contribution >= 4 is 11.6 Å². The number of hydrogen-bond donors (Lipinski definition) is 6. The highest BCUT2D eigenvalue weighted by atomic mass is 16.7. The van der Waals surface area contributed by atoms with Crippen LogP contribution in [0.25, 0.3) is 0 Å². The summed E-state index contributed by atoms with van der Waals surface area (Å²) in [6.07, 6.45) is -2.37. The molecule has 3 aliphatic heterocycles. The Bertz CT molecular complexity index is 1820. The maximum absolute atomic E-state index is 13.9. The Labute approximate surface area is 319 Å². The third kappa shape index (κ3) is 7.01. The van der Waals surface area contributed by atoms with E-state index in [1.807, 2.05) is 39.8 Å². The third-order valence-electron chi connectivity index (χ3n) is 12.2. The summed E-state index contributed by atoms with van der Waals surface area (Å²) < 4.78 is 38.0. The van der Waals surface area contributed by atoms with Gasteiger partial charge in [0.15, 0.2) is 18.9 Å². The summed E-state index contributed by atoms with van der Waals surface area (Å²) in [4.78, 5) is 29.5. The van der Waals surface area contributed by atoms with Gasteiger partial charge < -0.3 is 64.0 Å². The van der Waals surface area contributed by atoms with Gasteiger partial charge in [-0.05, 0) is 79.1 Å². The first-order valence-corrected chi connectivity index (χ1v) is 19.3. The van der Waals surface area contributed by atoms with Gasteiger partial charge in [0.2, 0.25) is 11.6 Å². The van der Waals surface area contributed by atoms with Crippen LogP contribution in [-0.2, 0) is 34.8 Å². The molecule has 3 fully saturated rings. The minimum Gasteiger partial charge on any atom is -0.507 e. The third-order valence-corrected chi connectivity index (χ3v) is 12.2. The molecule has 0 spiro atoms. The van der Waals surface area contributed by atoms with Crippen LogP contribution >= 0.6 is 0 Å². The number of carbonyl (C=O) groups excluding carboxylic acids is 2. The van der Waals surface area contributed by atoms with Gasteiger partial charge in [-0.15, -0.1) is 0 Å². The standard InChI is InChI=1S/C40H53NO14/c1-7-40(49)15-14-20-29(35(46)33-32(34(20)45)36(47)30-23(43)8-9-24(44)31(30)37(33)48)39(40)55-28-16-21(41(5)6)38(19(4)52-28)54-27-13-11-25(18(3)51-27)53-26-12-10-22(42)17(2)50-26/h8-9,17-19,21-22,25-28,38-39,42-46,49H,7,10-16H2,1-6H3. The monoisotopic (exact) mass is 771 g/mol. The molecular weight excluding hydrogens is 718 g/mol. The summed E-state index contributed by atoms with van der Waals surface area (Å²) in [5.41, 5.74) is -3.48. The molecule has 2 aliphatic carbocycles. The second-order valence-corrected chi connectivity index (χ2v) is 15.9. The van der Waals surface area contributed by atoms with E-state index in [0.717, 1.165) is 12.1 Å². The number of ether oxygens (including phenoxy) is 6. The molecule has 0 amide bonds. The van der Waals surface area contributed by atoms with Gasteiger partial charge in [0, 0.05) is 36.4 Å². The molecule has 6 N–H and O–H groups in total. The fraction of sp³-hybridized carbons (Fsp3) is 0.650. The van der Waals surface area contributed by atoms with Crippen molar-refractivity contribution in [2.45, 2.75) is 152 Å². The quantitative estimate of drug-likeness (QED) is 0.180. The molecule has 5 aliphatic rings. The van der Waals surface area contributed by atoms with E-state index >= 15 is 0 Å². The fourth-order valence-electron chi connectivity index (χ4n) is 8.94. The predicted molar refractivity (Wildman–Crippen MR) is 193 cm³/mol. The largest absolute Gasteiger partial charge is 0.507 e. The average Bonchev–Trinajstić information content (AvgIpc) is 3.14. The summed E-state index contributed by atoms with van der Waals surface area (Å²) in [6, 6.07) is 1.89. The molecule has 302 valence electrons. The number of aromatic hydroxyl groups is 4. The lowest BCUT2D eigenvalue weighted by Gasteiger charge is -2.48. The summed E-state index contributed by atoms with van der Waals surface area (Å²) >= 11 is 0. The zero-order chi connectivity index (χ0) is 39.7. The maximum Gasteiger partial charge on any atom is 0.202 e. The van der Waals surface area contributed by atoms with Crippen LogP contribution in [-0.4, -0.2) is 128 Å². The molecule has 0 bridgehead atoms. The van der Waals surface area contributed by atoms with Gasteiger partial charge in [-0.1, -0.05) is 6.92 Å². The number of fused-ring (bicyclic) bond motifs is 3. The van der Waals surface area contributed by atoms with Crippen molar-refractivity contribution in [3.05, 3.63) is 45.5 Å². The van der Waals surface area contributed by atoms with Gasteiger partial charge in [0.25, 0.3) is 0 Å². The number of phenols is 4. The lowest BCUT2D eigenvalue weighted by molar-refractivity contribution is -0.319. The Morgan fingerprint density at radius 3 is 1.95 bits per heavy atom. The van der Waals surface area contributed by atoms with Crippen LogP contribution in [0.2, 0.25) is 0 Å². The van der Waals surface area contributed by atoms with E-state index in [9.17, 15) is 40.2 Å². The molecule has 3 saturated heterocycles. The van der Waals surface area contributed by atoms with Crippen molar-refractivity contribution in [3.63, 3.8) is 0 Å². The Balaban J connectivity index is 1.10. The highest BCUT2D eigenvalue weighted by Gasteiger charge is 2.51. The van der Waals surface area contributed by atoms with Crippen LogP contribution < -0.4 is 0 Å². The topological polar surface area (TPSA) is 214 Å². The van der Waals surface area contributed by atoms with Crippen molar-refractivity contribution in [1.82, 2.24) is 4.90 Å². The number of rotatable bonds is 8. The molecule has 55 heavy (non-hydrogen) atoms. The molecule has 15 heteroatoms. The maximum atomic E-state index is 13.9. The summed E-state index contributed by atoms with van der Waals surface area (Å²) in [5, 5.41) is 66.5. The first kappa shape index (κ1) is 39.8. The Hall–Kier alpha value is -3.38. The molecule has 12 unspecified atom stereocenters. The summed E-state index contributed by atoms with van der Waals surface area (Å²) in [5.74, 6) is -4.25. The molecule has 0 aromatic heterocycles. The molecule has 2 aromatic rings. The zero-order valence-electron chi connectivity index (χ0n) is 32.1. The predicted octanol–water partition coefficient (Wildman–Crippen LogP) is 3.68. The summed E-state index contributed by atoms with van der Waals surface area (Å²) in [6.45, 7) is 7.38. The molecule has 3 heterocycles. The van der Waals surface area contributed by atoms with Crippen LogP contribution in [0.5, 0.6) is 23.0 Å². The van der Waals surface area contributed by atoms with Crippen LogP contribution in [0.4, 0.5) is 0 Å². The number of nitrogens with zero attached hydrogens (tertiary/aromatic N) is 1. The van der Waals surface area contributed by atoms with Gasteiger partial charge in [-0.2, -0.15) is 0 Å². The van der Waals surface area contributed by atoms with E-state index in [-0.39, 0.29) is 61.2 Å². The Kier molecular flexibility index (Phi) is 11.0. The van der Waals surface area contributed by atoms with Crippen molar-refractivity contribution in [3.8, 4) is 23.0 Å². The van der Waals surface area contributed by atoms with E-state index < -0.39 is 106 Å². The molecule has 0 saturated carbocycles. The molecule has 0 radical (unpaired) electrons. The summed E-state index contributed by atoms with van der Waals surface area (Å²) in [7, 11) is 3.82. The van der Waals surface area contributed by atoms with Crippen LogP contribution in [0, 0.1) is 0 Å². The SMILES string of the molecule is CCC1(O)CCc2c(O)c3c(c(O)c2C1OC1CC(N(C)C)C(OC2CCC(OC4CCC(O)C(C)O4)C(C)O2)C(C)O1)C(=O)c1c(O)ccc(O)c1C3=O. The number of ketones is 2. The number of benzene rings is 2. The molecule has 7 rings (SSSR count). The van der Waals surface area contributed by atoms with E-state index in [4.69, 9.17) is 28.4 Å². The molecule has 2 aromatic carbocycles. The second-order valence-electron chi connectivity index (χ2n) is 15.9. The van der Waals surface area contributed by atoms with Crippen LogP contribution in [0.3, 0.4) is 0 Å². The van der Waals surface area contributed by atoms with Gasteiger partial charge in [0.1, 0.15) is 35.2 Å². The van der Waals surface area contributed by atoms with E-state index in [1.165, 1.54) is 0 Å². The number of aliphatic hydroxyl groups is 2. The lowest BCUT2D eigenvalue weighted by atomic mass is 9.71. The number of hydrogen-bond acceptors (Lipinski definition) is 15. The van der Waals surface area contributed by atoms with Gasteiger partial charge >= 0.3 is 0 Å². The normalized spacial score (nSPS) is 36.3. The zero-order valence-corrected chi connectivity index (χ0v) is 32.1. The van der Waals surface area contributed by atoms with E-state index in [0.29, 0.717) is 25.7 Å². The second kappa shape index (κ2) is 15.2. The van der Waals surface area contributed by atoms with Gasteiger partial charge in [-0.25, -0.2) is 0 Å². The van der Waals surface area contributed by atoms with E-state index in [2.05, 4.69) is 0 Å². The van der Waals surface area contributed by atoms with Gasteiger partial charge in [0.05, 0.1) is 58.4 Å². The molecular formula is C40H53NO14. The molecule has 15 nitrogen and oxygen atoms in total. The Morgan fingerprint density at radius 1 is 0.764 bits per heavy atom. The smallest absolute Gasteiger partial charge is 0.202 e. The van der Waals surface area contributed by atoms with Crippen molar-refractivity contribution in [2.75, 3.05) is 14.1 Å². The number of carbonyl (C=O) groups is 2. The van der Waals surface area contributed by atoms with Crippen molar-refractivity contribution < 1.29 is 68.6 Å². The number of phenolic OH excluding ortho intramolecular Hbond substituents is 4. The van der Waals surface area contributed by atoms with Crippen molar-refractivity contribution in [1.29, 1.82) is 0 Å². The minimum absolute atomic E-state index is 0.0437. The minimum atomic E-state index is -1.57. The van der Waals surface area contributed by atoms with Crippen molar-refractivity contribution in [2.24, 2.45) is 0 Å². The fourth-order valence-corrected chi connectivity index (χ4v) is 8.94. The first-order chi connectivity index (χ1) is 26.0. The first-order valence-electron chi connectivity index (χ1n) is 19.3. The van der Waals surface area contributed by atoms with E-state index in [1.54, 1.807) is 6.92 Å². The van der Waals surface area contributed by atoms with Gasteiger partial charge in [-0.3, -0.25) is 9.59 Å². The lowest BCUT2D eigenvalue weighted by Crippen LogP contribution is -2.57. The highest BCUT2D eigenvalue weighted by Crippen LogP contribution is 2.54. The van der Waals surface area contributed by atoms with Crippen LogP contribution in [0.15, 0.2) is 12.1 Å².